The third-order valence-corrected chi connectivity index (χ3v) is 5.52. The number of carbonyl (C=O) groups is 3. The van der Waals surface area contributed by atoms with Gasteiger partial charge in [-0.1, -0.05) is 43.3 Å². The molecule has 2 aromatic rings. The molecule has 4 amide bonds. The highest BCUT2D eigenvalue weighted by atomic mass is 32.1. The van der Waals surface area contributed by atoms with Crippen LogP contribution in [0.5, 0.6) is 0 Å². The van der Waals surface area contributed by atoms with Crippen LogP contribution in [-0.4, -0.2) is 36.4 Å². The van der Waals surface area contributed by atoms with E-state index in [9.17, 15) is 14.4 Å². The molecule has 8 heteroatoms. The van der Waals surface area contributed by atoms with Crippen molar-refractivity contribution < 1.29 is 19.3 Å². The van der Waals surface area contributed by atoms with E-state index < -0.39 is 17.5 Å². The van der Waals surface area contributed by atoms with Crippen LogP contribution in [0.2, 0.25) is 0 Å². The van der Waals surface area contributed by atoms with E-state index >= 15 is 0 Å². The predicted molar refractivity (Wildman–Crippen MR) is 102 cm³/mol. The number of nitrogens with zero attached hydrogens (tertiary/aromatic N) is 1. The van der Waals surface area contributed by atoms with E-state index in [1.807, 2.05) is 49.7 Å². The first kappa shape index (κ1) is 19.1. The number of urea groups is 1. The summed E-state index contributed by atoms with van der Waals surface area (Å²) in [6.45, 7) is 2.68. The van der Waals surface area contributed by atoms with Crippen LogP contribution in [0.15, 0.2) is 47.8 Å². The Bertz CT molecular complexity index is 825. The summed E-state index contributed by atoms with van der Waals surface area (Å²) >= 11 is 1.63. The molecule has 1 aromatic heterocycles. The molecule has 0 radical (unpaired) electrons. The van der Waals surface area contributed by atoms with Crippen molar-refractivity contribution >= 4 is 29.2 Å². The molecule has 1 aromatic carbocycles. The SMILES string of the molecule is CC[C@]1(c2ccccc2)NC(=O)N(NC(=O)C[NH+](C)Cc2cccs2)C1=O. The average molecular weight is 387 g/mol. The third-order valence-electron chi connectivity index (χ3n) is 4.64. The summed E-state index contributed by atoms with van der Waals surface area (Å²) in [5.41, 5.74) is 2.01. The highest BCUT2D eigenvalue weighted by Gasteiger charge is 2.52. The van der Waals surface area contributed by atoms with E-state index in [1.54, 1.807) is 23.5 Å². The lowest BCUT2D eigenvalue weighted by Crippen LogP contribution is -3.09. The van der Waals surface area contributed by atoms with E-state index in [0.29, 0.717) is 18.5 Å². The Balaban J connectivity index is 1.67. The first-order valence-electron chi connectivity index (χ1n) is 8.81. The maximum atomic E-state index is 13.0. The number of rotatable bonds is 7. The van der Waals surface area contributed by atoms with Gasteiger partial charge < -0.3 is 10.2 Å². The number of amides is 4. The number of quaternary nitrogens is 1. The van der Waals surface area contributed by atoms with Crippen molar-refractivity contribution in [2.75, 3.05) is 13.6 Å². The first-order chi connectivity index (χ1) is 13.0. The van der Waals surface area contributed by atoms with E-state index in [4.69, 9.17) is 0 Å². The molecule has 2 heterocycles. The molecule has 1 saturated heterocycles. The number of imide groups is 1. The molecular formula is C19H23N4O3S+. The Morgan fingerprint density at radius 1 is 1.22 bits per heavy atom. The Morgan fingerprint density at radius 2 is 1.96 bits per heavy atom. The topological polar surface area (TPSA) is 83.0 Å². The molecule has 1 fully saturated rings. The van der Waals surface area contributed by atoms with Crippen molar-refractivity contribution in [1.29, 1.82) is 0 Å². The molecule has 142 valence electrons. The van der Waals surface area contributed by atoms with E-state index in [-0.39, 0.29) is 12.5 Å². The van der Waals surface area contributed by atoms with Crippen LogP contribution in [0.1, 0.15) is 23.8 Å². The quantitative estimate of drug-likeness (QED) is 0.610. The third kappa shape index (κ3) is 3.86. The average Bonchev–Trinajstić information content (AvgIpc) is 3.24. The lowest BCUT2D eigenvalue weighted by atomic mass is 9.87. The fourth-order valence-corrected chi connectivity index (χ4v) is 4.07. The van der Waals surface area contributed by atoms with Crippen LogP contribution in [0, 0.1) is 0 Å². The normalized spacial score (nSPS) is 20.4. The predicted octanol–water partition coefficient (Wildman–Crippen LogP) is 0.651. The van der Waals surface area contributed by atoms with Gasteiger partial charge in [0.15, 0.2) is 6.54 Å². The lowest BCUT2D eigenvalue weighted by Gasteiger charge is -2.25. The smallest absolute Gasteiger partial charge is 0.325 e. The zero-order valence-electron chi connectivity index (χ0n) is 15.3. The number of hydrogen-bond donors (Lipinski definition) is 3. The monoisotopic (exact) mass is 387 g/mol. The number of nitrogens with one attached hydrogen (secondary N) is 3. The standard InChI is InChI=1S/C19H22N4O3S/c1-3-19(14-8-5-4-6-9-14)17(25)23(18(26)20-19)21-16(24)13-22(2)12-15-10-7-11-27-15/h4-11H,3,12-13H2,1-2H3,(H,20,26)(H,21,24)/p+1/t19-/m1/s1. The maximum absolute atomic E-state index is 13.0. The van der Waals surface area contributed by atoms with E-state index in [0.717, 1.165) is 9.91 Å². The minimum atomic E-state index is -1.15. The number of hydrazine groups is 1. The van der Waals surface area contributed by atoms with Crippen LogP contribution < -0.4 is 15.6 Å². The second-order valence-electron chi connectivity index (χ2n) is 6.62. The van der Waals surface area contributed by atoms with Crippen molar-refractivity contribution in [3.05, 3.63) is 58.3 Å². The summed E-state index contributed by atoms with van der Waals surface area (Å²) in [6, 6.07) is 12.4. The summed E-state index contributed by atoms with van der Waals surface area (Å²) in [6.07, 6.45) is 0.386. The summed E-state index contributed by atoms with van der Waals surface area (Å²) in [7, 11) is 1.89. The second-order valence-corrected chi connectivity index (χ2v) is 7.65. The summed E-state index contributed by atoms with van der Waals surface area (Å²) in [4.78, 5) is 39.9. The molecule has 1 unspecified atom stereocenters. The fraction of sp³-hybridized carbons (Fsp3) is 0.316. The van der Waals surface area contributed by atoms with Crippen LogP contribution in [0.4, 0.5) is 4.79 Å². The minimum absolute atomic E-state index is 0.152. The molecule has 2 atom stereocenters. The van der Waals surface area contributed by atoms with Gasteiger partial charge in [-0.25, -0.2) is 4.79 Å². The number of hydrogen-bond acceptors (Lipinski definition) is 4. The van der Waals surface area contributed by atoms with Crippen LogP contribution in [0.3, 0.4) is 0 Å². The molecule has 3 N–H and O–H groups in total. The largest absolute Gasteiger partial charge is 0.344 e. The molecule has 1 aliphatic heterocycles. The molecule has 1 aliphatic rings. The van der Waals surface area contributed by atoms with Crippen molar-refractivity contribution in [3.8, 4) is 0 Å². The molecule has 27 heavy (non-hydrogen) atoms. The molecule has 0 saturated carbocycles. The first-order valence-corrected chi connectivity index (χ1v) is 9.69. The van der Waals surface area contributed by atoms with Crippen LogP contribution in [0.25, 0.3) is 0 Å². The Kier molecular flexibility index (Phi) is 5.57. The van der Waals surface area contributed by atoms with Gasteiger partial charge in [-0.3, -0.25) is 15.0 Å². The van der Waals surface area contributed by atoms with Gasteiger partial charge in [0.1, 0.15) is 12.1 Å². The van der Waals surface area contributed by atoms with Gasteiger partial charge in [0, 0.05) is 0 Å². The molecule has 0 aliphatic carbocycles. The number of likely N-dealkylation sites (N-methyl/N-ethyl adjacent to an activating group) is 1. The fourth-order valence-electron chi connectivity index (χ4n) is 3.25. The summed E-state index contributed by atoms with van der Waals surface area (Å²) in [5, 5.41) is 5.54. The van der Waals surface area contributed by atoms with Crippen LogP contribution >= 0.6 is 11.3 Å². The zero-order chi connectivity index (χ0) is 19.4. The molecular weight excluding hydrogens is 364 g/mol. The molecule has 7 nitrogen and oxygen atoms in total. The minimum Gasteiger partial charge on any atom is -0.325 e. The van der Waals surface area contributed by atoms with Gasteiger partial charge in [-0.05, 0) is 23.4 Å². The van der Waals surface area contributed by atoms with Gasteiger partial charge in [-0.2, -0.15) is 5.01 Å². The molecule has 0 spiro atoms. The number of carbonyl (C=O) groups excluding carboxylic acids is 3. The van der Waals surface area contributed by atoms with Gasteiger partial charge in [0.25, 0.3) is 11.8 Å². The van der Waals surface area contributed by atoms with Crippen molar-refractivity contribution in [3.63, 3.8) is 0 Å². The van der Waals surface area contributed by atoms with Gasteiger partial charge in [-0.15, -0.1) is 11.3 Å². The van der Waals surface area contributed by atoms with E-state index in [2.05, 4.69) is 10.7 Å². The Labute approximate surface area is 161 Å². The number of thiophene rings is 1. The highest BCUT2D eigenvalue weighted by molar-refractivity contribution is 7.09. The lowest BCUT2D eigenvalue weighted by molar-refractivity contribution is -0.885. The van der Waals surface area contributed by atoms with E-state index in [1.165, 1.54) is 4.88 Å². The van der Waals surface area contributed by atoms with Crippen molar-refractivity contribution in [2.24, 2.45) is 0 Å². The van der Waals surface area contributed by atoms with Crippen molar-refractivity contribution in [1.82, 2.24) is 15.8 Å². The van der Waals surface area contributed by atoms with Crippen molar-refractivity contribution in [2.45, 2.75) is 25.4 Å². The van der Waals surface area contributed by atoms with Gasteiger partial charge >= 0.3 is 6.03 Å². The maximum Gasteiger partial charge on any atom is 0.344 e. The van der Waals surface area contributed by atoms with Gasteiger partial charge in [0.2, 0.25) is 0 Å². The van der Waals surface area contributed by atoms with Gasteiger partial charge in [0.05, 0.1) is 11.9 Å². The summed E-state index contributed by atoms with van der Waals surface area (Å²) < 4.78 is 0. The van der Waals surface area contributed by atoms with Crippen LogP contribution in [-0.2, 0) is 21.7 Å². The zero-order valence-corrected chi connectivity index (χ0v) is 16.1. The highest BCUT2D eigenvalue weighted by Crippen LogP contribution is 2.31. The second kappa shape index (κ2) is 7.89. The molecule has 0 bridgehead atoms. The Hall–Kier alpha value is -2.71. The number of benzene rings is 1. The Morgan fingerprint density at radius 3 is 2.59 bits per heavy atom. The summed E-state index contributed by atoms with van der Waals surface area (Å²) in [5.74, 6) is -0.849. The molecule has 3 rings (SSSR count).